The number of hydrogen-bond acceptors (Lipinski definition) is 4. The molecule has 0 saturated heterocycles. The smallest absolute Gasteiger partial charge is 0.261 e. The monoisotopic (exact) mass is 334 g/mol. The zero-order chi connectivity index (χ0) is 16.8. The zero-order valence-corrected chi connectivity index (χ0v) is 14.5. The molecule has 0 unspecified atom stereocenters. The molecule has 0 aliphatic heterocycles. The minimum atomic E-state index is -0.0754. The van der Waals surface area contributed by atoms with Crippen LogP contribution in [0.25, 0.3) is 0 Å². The summed E-state index contributed by atoms with van der Waals surface area (Å²) in [5.74, 6) is -0.147. The van der Waals surface area contributed by atoms with Crippen LogP contribution in [0.4, 0.5) is 0 Å². The molecule has 2 heterocycles. The highest BCUT2D eigenvalue weighted by molar-refractivity contribution is 7.14. The standard InChI is InChI=1S/C16H22N4O2S/c1-11-9-12(2)20(19-11)8-4-7-17-16(22)15-6-5-14(23-15)10-18-13(3)21/h5-6,9H,4,7-8,10H2,1-3H3,(H,17,22)(H,18,21). The van der Waals surface area contributed by atoms with Gasteiger partial charge in [0.25, 0.3) is 5.91 Å². The van der Waals surface area contributed by atoms with E-state index in [0.717, 1.165) is 29.2 Å². The number of aromatic nitrogens is 2. The predicted octanol–water partition coefficient (Wildman–Crippen LogP) is 2.02. The average molecular weight is 334 g/mol. The normalized spacial score (nSPS) is 10.6. The van der Waals surface area contributed by atoms with Gasteiger partial charge in [0.05, 0.1) is 17.1 Å². The molecule has 0 aromatic carbocycles. The lowest BCUT2D eigenvalue weighted by atomic mass is 10.3. The molecule has 2 amide bonds. The Morgan fingerprint density at radius 2 is 2.04 bits per heavy atom. The van der Waals surface area contributed by atoms with Crippen molar-refractivity contribution in [3.8, 4) is 0 Å². The van der Waals surface area contributed by atoms with Gasteiger partial charge in [-0.15, -0.1) is 11.3 Å². The van der Waals surface area contributed by atoms with Crippen molar-refractivity contribution in [2.75, 3.05) is 6.54 Å². The van der Waals surface area contributed by atoms with E-state index in [1.54, 1.807) is 6.07 Å². The second-order valence-corrected chi connectivity index (χ2v) is 6.60. The number of nitrogens with one attached hydrogen (secondary N) is 2. The topological polar surface area (TPSA) is 76.0 Å². The van der Waals surface area contributed by atoms with Gasteiger partial charge in [0.2, 0.25) is 5.91 Å². The number of aryl methyl sites for hydroxylation is 3. The maximum atomic E-state index is 12.1. The number of amides is 2. The summed E-state index contributed by atoms with van der Waals surface area (Å²) in [5, 5.41) is 10.0. The van der Waals surface area contributed by atoms with E-state index in [0.29, 0.717) is 18.0 Å². The van der Waals surface area contributed by atoms with Gasteiger partial charge in [0.1, 0.15) is 0 Å². The Labute approximate surface area is 139 Å². The van der Waals surface area contributed by atoms with Crippen molar-refractivity contribution < 1.29 is 9.59 Å². The molecule has 0 atom stereocenters. The Hall–Kier alpha value is -2.15. The quantitative estimate of drug-likeness (QED) is 0.761. The van der Waals surface area contributed by atoms with Gasteiger partial charge in [-0.3, -0.25) is 14.3 Å². The first kappa shape index (κ1) is 17.2. The summed E-state index contributed by atoms with van der Waals surface area (Å²) in [6.07, 6.45) is 0.831. The van der Waals surface area contributed by atoms with Crippen molar-refractivity contribution in [1.29, 1.82) is 0 Å². The van der Waals surface area contributed by atoms with Crippen LogP contribution in [0, 0.1) is 13.8 Å². The minimum Gasteiger partial charge on any atom is -0.351 e. The Kier molecular flexibility index (Phi) is 5.92. The fourth-order valence-electron chi connectivity index (χ4n) is 2.23. The van der Waals surface area contributed by atoms with Gasteiger partial charge < -0.3 is 10.6 Å². The van der Waals surface area contributed by atoms with Crippen LogP contribution in [-0.4, -0.2) is 28.1 Å². The van der Waals surface area contributed by atoms with Crippen LogP contribution in [0.2, 0.25) is 0 Å². The van der Waals surface area contributed by atoms with Crippen LogP contribution >= 0.6 is 11.3 Å². The molecule has 124 valence electrons. The number of nitrogens with zero attached hydrogens (tertiary/aromatic N) is 2. The maximum Gasteiger partial charge on any atom is 0.261 e. The van der Waals surface area contributed by atoms with E-state index in [2.05, 4.69) is 15.7 Å². The fraction of sp³-hybridized carbons (Fsp3) is 0.438. The lowest BCUT2D eigenvalue weighted by Gasteiger charge is -2.05. The highest BCUT2D eigenvalue weighted by Gasteiger charge is 2.09. The second kappa shape index (κ2) is 7.92. The Balaban J connectivity index is 1.74. The molecule has 0 bridgehead atoms. The summed E-state index contributed by atoms with van der Waals surface area (Å²) in [4.78, 5) is 24.6. The first-order valence-electron chi connectivity index (χ1n) is 7.58. The third-order valence-electron chi connectivity index (χ3n) is 3.33. The molecule has 7 heteroatoms. The molecular weight excluding hydrogens is 312 g/mol. The molecule has 6 nitrogen and oxygen atoms in total. The molecule has 2 aromatic heterocycles. The second-order valence-electron chi connectivity index (χ2n) is 5.44. The first-order chi connectivity index (χ1) is 11.0. The van der Waals surface area contributed by atoms with Crippen molar-refractivity contribution in [3.05, 3.63) is 39.3 Å². The number of thiophene rings is 1. The molecule has 0 saturated carbocycles. The molecule has 2 aromatic rings. The van der Waals surface area contributed by atoms with Gasteiger partial charge in [-0.05, 0) is 38.5 Å². The van der Waals surface area contributed by atoms with E-state index in [-0.39, 0.29) is 11.8 Å². The summed E-state index contributed by atoms with van der Waals surface area (Å²) in [6.45, 7) is 7.34. The first-order valence-corrected chi connectivity index (χ1v) is 8.40. The van der Waals surface area contributed by atoms with E-state index in [4.69, 9.17) is 0 Å². The van der Waals surface area contributed by atoms with Crippen LogP contribution in [0.15, 0.2) is 18.2 Å². The molecule has 0 aliphatic carbocycles. The van der Waals surface area contributed by atoms with Crippen molar-refractivity contribution >= 4 is 23.2 Å². The zero-order valence-electron chi connectivity index (χ0n) is 13.7. The number of carbonyl (C=O) groups is 2. The minimum absolute atomic E-state index is 0.0718. The van der Waals surface area contributed by atoms with Crippen LogP contribution in [0.3, 0.4) is 0 Å². The average Bonchev–Trinajstić information content (AvgIpc) is 3.08. The summed E-state index contributed by atoms with van der Waals surface area (Å²) >= 11 is 1.40. The third-order valence-corrected chi connectivity index (χ3v) is 4.42. The van der Waals surface area contributed by atoms with E-state index in [9.17, 15) is 9.59 Å². The van der Waals surface area contributed by atoms with E-state index in [1.807, 2.05) is 30.7 Å². The lowest BCUT2D eigenvalue weighted by Crippen LogP contribution is -2.24. The molecule has 2 rings (SSSR count). The van der Waals surface area contributed by atoms with Crippen molar-refractivity contribution in [2.24, 2.45) is 0 Å². The summed E-state index contributed by atoms with van der Waals surface area (Å²) in [7, 11) is 0. The van der Waals surface area contributed by atoms with Gasteiger partial charge in [-0.1, -0.05) is 0 Å². The van der Waals surface area contributed by atoms with Crippen molar-refractivity contribution in [2.45, 2.75) is 40.3 Å². The highest BCUT2D eigenvalue weighted by atomic mass is 32.1. The van der Waals surface area contributed by atoms with Gasteiger partial charge in [0.15, 0.2) is 0 Å². The van der Waals surface area contributed by atoms with Gasteiger partial charge in [-0.2, -0.15) is 5.10 Å². The molecule has 2 N–H and O–H groups in total. The van der Waals surface area contributed by atoms with E-state index in [1.165, 1.54) is 18.3 Å². The number of hydrogen-bond donors (Lipinski definition) is 2. The van der Waals surface area contributed by atoms with Crippen LogP contribution in [0.5, 0.6) is 0 Å². The molecule has 23 heavy (non-hydrogen) atoms. The van der Waals surface area contributed by atoms with Crippen LogP contribution in [-0.2, 0) is 17.9 Å². The Morgan fingerprint density at radius 1 is 1.26 bits per heavy atom. The molecule has 0 spiro atoms. The Morgan fingerprint density at radius 3 is 2.70 bits per heavy atom. The summed E-state index contributed by atoms with van der Waals surface area (Å²) in [5.41, 5.74) is 2.14. The van der Waals surface area contributed by atoms with Crippen LogP contribution < -0.4 is 10.6 Å². The molecule has 0 aliphatic rings. The largest absolute Gasteiger partial charge is 0.351 e. The summed E-state index contributed by atoms with van der Waals surface area (Å²) < 4.78 is 1.96. The lowest BCUT2D eigenvalue weighted by molar-refractivity contribution is -0.119. The van der Waals surface area contributed by atoms with E-state index >= 15 is 0 Å². The fourth-order valence-corrected chi connectivity index (χ4v) is 3.09. The van der Waals surface area contributed by atoms with Gasteiger partial charge >= 0.3 is 0 Å². The van der Waals surface area contributed by atoms with Crippen molar-refractivity contribution in [3.63, 3.8) is 0 Å². The van der Waals surface area contributed by atoms with Gasteiger partial charge in [0, 0.05) is 30.6 Å². The third kappa shape index (κ3) is 5.21. The van der Waals surface area contributed by atoms with Gasteiger partial charge in [-0.25, -0.2) is 0 Å². The SMILES string of the molecule is CC(=O)NCc1ccc(C(=O)NCCCn2nc(C)cc2C)s1. The maximum absolute atomic E-state index is 12.1. The molecule has 0 radical (unpaired) electrons. The number of rotatable bonds is 7. The summed E-state index contributed by atoms with van der Waals surface area (Å²) in [6, 6.07) is 5.70. The van der Waals surface area contributed by atoms with Crippen molar-refractivity contribution in [1.82, 2.24) is 20.4 Å². The highest BCUT2D eigenvalue weighted by Crippen LogP contribution is 2.16. The number of carbonyl (C=O) groups excluding carboxylic acids is 2. The van der Waals surface area contributed by atoms with Crippen LogP contribution in [0.1, 0.15) is 39.3 Å². The predicted molar refractivity (Wildman–Crippen MR) is 90.5 cm³/mol. The van der Waals surface area contributed by atoms with E-state index < -0.39 is 0 Å². The Bertz CT molecular complexity index is 690. The molecular formula is C16H22N4O2S. The molecule has 0 fully saturated rings.